The van der Waals surface area contributed by atoms with Gasteiger partial charge in [-0.15, -0.1) is 0 Å². The smallest absolute Gasteiger partial charge is 0.240 e. The third-order valence-corrected chi connectivity index (χ3v) is 4.15. The van der Waals surface area contributed by atoms with Crippen LogP contribution in [0.3, 0.4) is 0 Å². The van der Waals surface area contributed by atoms with E-state index in [1.807, 2.05) is 11.8 Å². The van der Waals surface area contributed by atoms with Crippen LogP contribution in [0.4, 0.5) is 0 Å². The summed E-state index contributed by atoms with van der Waals surface area (Å²) in [5.74, 6) is 1.02. The van der Waals surface area contributed by atoms with Gasteiger partial charge in [0.2, 0.25) is 5.03 Å². The average Bonchev–Trinajstić information content (AvgIpc) is 2.28. The summed E-state index contributed by atoms with van der Waals surface area (Å²) in [5.41, 5.74) is 1.38. The summed E-state index contributed by atoms with van der Waals surface area (Å²) in [4.78, 5) is 0. The van der Waals surface area contributed by atoms with Crippen LogP contribution in [-0.4, -0.2) is 0 Å². The summed E-state index contributed by atoms with van der Waals surface area (Å²) in [6.07, 6.45) is 2.08. The number of rotatable bonds is 3. The zero-order valence-corrected chi connectivity index (χ0v) is 13.2. The maximum atomic E-state index is 2.35. The Labute approximate surface area is 126 Å². The fourth-order valence-electron chi connectivity index (χ4n) is 1.44. The molecule has 4 heteroatoms. The first kappa shape index (κ1) is 14.8. The Hall–Kier alpha value is -0.260. The molecule has 2 aromatic rings. The van der Waals surface area contributed by atoms with E-state index in [1.54, 1.807) is 0 Å². The number of aryl methyl sites for hydroxylation is 1. The molecule has 1 nitrogen and oxygen atoms in total. The standard InChI is InChI=1S/C13H13INS.ClH/c1-15-8-3-2-7-13(15)16-10-11-5-4-6-12(14)9-11;/h2-9H,10H2,1H3;1H/q+1;/p-1. The molecule has 2 rings (SSSR count). The van der Waals surface area contributed by atoms with Crippen molar-refractivity contribution >= 4 is 34.4 Å². The molecule has 0 bridgehead atoms. The Bertz CT molecular complexity index is 490. The minimum atomic E-state index is 0. The molecule has 0 aliphatic carbocycles. The number of nitrogens with zero attached hydrogens (tertiary/aromatic N) is 1. The maximum Gasteiger partial charge on any atom is 0.240 e. The third kappa shape index (κ3) is 4.48. The molecule has 0 atom stereocenters. The van der Waals surface area contributed by atoms with Crippen molar-refractivity contribution in [2.24, 2.45) is 7.05 Å². The van der Waals surface area contributed by atoms with Gasteiger partial charge in [-0.2, -0.15) is 4.57 Å². The first-order valence-corrected chi connectivity index (χ1v) is 7.14. The third-order valence-electron chi connectivity index (χ3n) is 2.28. The Morgan fingerprint density at radius 1 is 1.18 bits per heavy atom. The van der Waals surface area contributed by atoms with E-state index in [2.05, 4.69) is 82.9 Å². The van der Waals surface area contributed by atoms with E-state index in [9.17, 15) is 0 Å². The molecule has 0 saturated carbocycles. The van der Waals surface area contributed by atoms with Crippen LogP contribution in [0, 0.1) is 3.57 Å². The molecule has 0 aliphatic heterocycles. The highest BCUT2D eigenvalue weighted by molar-refractivity contribution is 14.1. The number of thioether (sulfide) groups is 1. The van der Waals surface area contributed by atoms with Crippen molar-refractivity contribution in [3.8, 4) is 0 Å². The van der Waals surface area contributed by atoms with Crippen LogP contribution in [0.25, 0.3) is 0 Å². The van der Waals surface area contributed by atoms with E-state index >= 15 is 0 Å². The number of pyridine rings is 1. The highest BCUT2D eigenvalue weighted by atomic mass is 127. The lowest BCUT2D eigenvalue weighted by Crippen LogP contribution is -3.00. The molecule has 0 spiro atoms. The van der Waals surface area contributed by atoms with Gasteiger partial charge < -0.3 is 12.4 Å². The van der Waals surface area contributed by atoms with Gasteiger partial charge >= 0.3 is 0 Å². The molecule has 0 fully saturated rings. The monoisotopic (exact) mass is 377 g/mol. The second-order valence-corrected chi connectivity index (χ2v) is 5.81. The van der Waals surface area contributed by atoms with E-state index in [0.29, 0.717) is 0 Å². The van der Waals surface area contributed by atoms with Crippen LogP contribution >= 0.6 is 34.4 Å². The number of benzene rings is 1. The molecule has 0 unspecified atom stereocenters. The van der Waals surface area contributed by atoms with Gasteiger partial charge in [-0.1, -0.05) is 23.9 Å². The lowest BCUT2D eigenvalue weighted by atomic mass is 10.2. The van der Waals surface area contributed by atoms with Crippen molar-refractivity contribution in [2.45, 2.75) is 10.8 Å². The topological polar surface area (TPSA) is 3.88 Å². The molecule has 0 saturated heterocycles. The lowest BCUT2D eigenvalue weighted by Gasteiger charge is -2.01. The van der Waals surface area contributed by atoms with Gasteiger partial charge in [0, 0.05) is 21.5 Å². The van der Waals surface area contributed by atoms with Gasteiger partial charge in [0.25, 0.3) is 0 Å². The van der Waals surface area contributed by atoms with E-state index in [1.165, 1.54) is 14.2 Å². The second-order valence-electron chi connectivity index (χ2n) is 3.57. The summed E-state index contributed by atoms with van der Waals surface area (Å²) in [6, 6.07) is 14.9. The van der Waals surface area contributed by atoms with Gasteiger partial charge in [0.1, 0.15) is 7.05 Å². The molecular weight excluding hydrogens is 365 g/mol. The molecule has 0 N–H and O–H groups in total. The van der Waals surface area contributed by atoms with Crippen LogP contribution in [0.15, 0.2) is 53.7 Å². The fourth-order valence-corrected chi connectivity index (χ4v) is 2.98. The van der Waals surface area contributed by atoms with Crippen molar-refractivity contribution < 1.29 is 17.0 Å². The van der Waals surface area contributed by atoms with Gasteiger partial charge in [0.05, 0.1) is 0 Å². The molecular formula is C13H13ClINS. The summed E-state index contributed by atoms with van der Waals surface area (Å²) in [5, 5.41) is 1.29. The quantitative estimate of drug-likeness (QED) is 0.426. The van der Waals surface area contributed by atoms with E-state index in [4.69, 9.17) is 0 Å². The van der Waals surface area contributed by atoms with Crippen LogP contribution in [-0.2, 0) is 12.8 Å². The predicted octanol–water partition coefficient (Wildman–Crippen LogP) is 0.412. The lowest BCUT2D eigenvalue weighted by molar-refractivity contribution is -0.708. The SMILES string of the molecule is C[n+]1ccccc1SCc1cccc(I)c1.[Cl-]. The Kier molecular flexibility index (Phi) is 6.30. The van der Waals surface area contributed by atoms with E-state index in [0.717, 1.165) is 5.75 Å². The average molecular weight is 378 g/mol. The Balaban J connectivity index is 0.00000144. The van der Waals surface area contributed by atoms with Crippen LogP contribution in [0.1, 0.15) is 5.56 Å². The van der Waals surface area contributed by atoms with Crippen LogP contribution < -0.4 is 17.0 Å². The van der Waals surface area contributed by atoms with E-state index in [-0.39, 0.29) is 12.4 Å². The molecule has 1 heterocycles. The fraction of sp³-hybridized carbons (Fsp3) is 0.154. The minimum Gasteiger partial charge on any atom is -1.00 e. The van der Waals surface area contributed by atoms with Gasteiger partial charge in [-0.05, 0) is 46.4 Å². The highest BCUT2D eigenvalue weighted by Crippen LogP contribution is 2.20. The van der Waals surface area contributed by atoms with Gasteiger partial charge in [0.15, 0.2) is 6.20 Å². The molecule has 0 aliphatic rings. The molecule has 0 amide bonds. The van der Waals surface area contributed by atoms with E-state index < -0.39 is 0 Å². The van der Waals surface area contributed by atoms with Crippen LogP contribution in [0.2, 0.25) is 0 Å². The largest absolute Gasteiger partial charge is 1.00 e. The zero-order chi connectivity index (χ0) is 11.4. The van der Waals surface area contributed by atoms with Crippen molar-refractivity contribution in [3.05, 3.63) is 57.8 Å². The number of hydrogen-bond acceptors (Lipinski definition) is 1. The summed E-state index contributed by atoms with van der Waals surface area (Å²) in [6.45, 7) is 0. The number of aromatic nitrogens is 1. The van der Waals surface area contributed by atoms with Crippen molar-refractivity contribution in [1.82, 2.24) is 0 Å². The maximum absolute atomic E-state index is 2.35. The molecule has 1 aromatic heterocycles. The van der Waals surface area contributed by atoms with Crippen molar-refractivity contribution in [2.75, 3.05) is 0 Å². The zero-order valence-electron chi connectivity index (χ0n) is 9.44. The second kappa shape index (κ2) is 7.24. The van der Waals surface area contributed by atoms with Crippen LogP contribution in [0.5, 0.6) is 0 Å². The summed E-state index contributed by atoms with van der Waals surface area (Å²) in [7, 11) is 2.08. The molecule has 0 radical (unpaired) electrons. The molecule has 1 aromatic carbocycles. The first-order chi connectivity index (χ1) is 7.75. The predicted molar refractivity (Wildman–Crippen MR) is 76.3 cm³/mol. The first-order valence-electron chi connectivity index (χ1n) is 5.07. The number of halogens is 2. The summed E-state index contributed by atoms with van der Waals surface area (Å²) < 4.78 is 3.45. The minimum absolute atomic E-state index is 0. The van der Waals surface area contributed by atoms with Crippen molar-refractivity contribution in [3.63, 3.8) is 0 Å². The normalized spacial score (nSPS) is 9.76. The summed E-state index contributed by atoms with van der Waals surface area (Å²) >= 11 is 4.22. The highest BCUT2D eigenvalue weighted by Gasteiger charge is 2.05. The van der Waals surface area contributed by atoms with Gasteiger partial charge in [-0.25, -0.2) is 0 Å². The molecule has 90 valence electrons. The molecule has 17 heavy (non-hydrogen) atoms. The number of hydrogen-bond donors (Lipinski definition) is 0. The Morgan fingerprint density at radius 2 is 2.00 bits per heavy atom. The van der Waals surface area contributed by atoms with Crippen molar-refractivity contribution in [1.29, 1.82) is 0 Å². The van der Waals surface area contributed by atoms with Gasteiger partial charge in [-0.3, -0.25) is 0 Å². The Morgan fingerprint density at radius 3 is 2.71 bits per heavy atom.